The molecule has 0 radical (unpaired) electrons. The van der Waals surface area contributed by atoms with Gasteiger partial charge in [-0.25, -0.2) is 9.97 Å². The van der Waals surface area contributed by atoms with Crippen molar-refractivity contribution in [1.29, 1.82) is 5.41 Å². The number of nitrogens with zero attached hydrogens (tertiary/aromatic N) is 3. The summed E-state index contributed by atoms with van der Waals surface area (Å²) in [5.74, 6) is 1.46. The van der Waals surface area contributed by atoms with Crippen molar-refractivity contribution >= 4 is 39.3 Å². The first-order chi connectivity index (χ1) is 13.4. The van der Waals surface area contributed by atoms with Crippen LogP contribution >= 0.6 is 11.3 Å². The molecule has 8 heteroatoms. The van der Waals surface area contributed by atoms with Gasteiger partial charge in [-0.3, -0.25) is 0 Å². The lowest BCUT2D eigenvalue weighted by Gasteiger charge is -2.28. The summed E-state index contributed by atoms with van der Waals surface area (Å²) in [7, 11) is 0. The lowest BCUT2D eigenvalue weighted by atomic mass is 10.0. The number of nitrogens with one attached hydrogen (secondary N) is 1. The van der Waals surface area contributed by atoms with Gasteiger partial charge in [0.05, 0.1) is 23.4 Å². The number of rotatable bonds is 4. The summed E-state index contributed by atoms with van der Waals surface area (Å²) in [4.78, 5) is 13.0. The monoisotopic (exact) mass is 396 g/mol. The first-order valence-electron chi connectivity index (χ1n) is 9.21. The lowest BCUT2D eigenvalue weighted by Crippen LogP contribution is -2.36. The van der Waals surface area contributed by atoms with Crippen LogP contribution in [0.15, 0.2) is 24.3 Å². The molecule has 1 aliphatic rings. The highest BCUT2D eigenvalue weighted by molar-refractivity contribution is 7.19. The molecule has 5 N–H and O–H groups in total. The van der Waals surface area contributed by atoms with Gasteiger partial charge in [-0.15, -0.1) is 11.3 Å². The summed E-state index contributed by atoms with van der Waals surface area (Å²) >= 11 is 1.64. The van der Waals surface area contributed by atoms with Gasteiger partial charge in [-0.05, 0) is 26.0 Å². The smallest absolute Gasteiger partial charge is 0.162 e. The van der Waals surface area contributed by atoms with Gasteiger partial charge in [-0.1, -0.05) is 12.1 Å². The van der Waals surface area contributed by atoms with E-state index in [9.17, 15) is 0 Å². The van der Waals surface area contributed by atoms with E-state index < -0.39 is 5.54 Å². The quantitative estimate of drug-likeness (QED) is 0.461. The average Bonchev–Trinajstić information content (AvgIpc) is 3.12. The van der Waals surface area contributed by atoms with Gasteiger partial charge >= 0.3 is 0 Å². The zero-order chi connectivity index (χ0) is 19.9. The van der Waals surface area contributed by atoms with Crippen LogP contribution in [-0.4, -0.2) is 42.5 Å². The normalized spacial score (nSPS) is 15.2. The van der Waals surface area contributed by atoms with Crippen LogP contribution in [0.1, 0.15) is 24.3 Å². The molecule has 0 amide bonds. The van der Waals surface area contributed by atoms with E-state index in [1.54, 1.807) is 17.4 Å². The van der Waals surface area contributed by atoms with E-state index in [1.807, 2.05) is 32.0 Å². The maximum Gasteiger partial charge on any atom is 0.162 e. The Kier molecular flexibility index (Phi) is 4.78. The number of benzene rings is 1. The van der Waals surface area contributed by atoms with Crippen LogP contribution in [0.5, 0.6) is 0 Å². The van der Waals surface area contributed by atoms with E-state index in [0.29, 0.717) is 30.3 Å². The SMILES string of the molecule is CC(C)(N)c1cc2nc(-c3cccc(N)c3C=N)nc(N3CCOCC3)c2s1. The topological polar surface area (TPSA) is 114 Å². The summed E-state index contributed by atoms with van der Waals surface area (Å²) in [5.41, 5.74) is 14.8. The number of hydrogen-bond acceptors (Lipinski definition) is 8. The van der Waals surface area contributed by atoms with Crippen LogP contribution in [0.4, 0.5) is 11.5 Å². The molecule has 1 aromatic carbocycles. The van der Waals surface area contributed by atoms with Gasteiger partial charge in [-0.2, -0.15) is 0 Å². The fourth-order valence-corrected chi connectivity index (χ4v) is 4.41. The van der Waals surface area contributed by atoms with Crippen molar-refractivity contribution in [2.24, 2.45) is 5.73 Å². The second-order valence-electron chi connectivity index (χ2n) is 7.47. The molecule has 0 bridgehead atoms. The van der Waals surface area contributed by atoms with Gasteiger partial charge in [0.2, 0.25) is 0 Å². The minimum absolute atomic E-state index is 0.453. The highest BCUT2D eigenvalue weighted by Gasteiger charge is 2.24. The van der Waals surface area contributed by atoms with Crippen LogP contribution in [0.2, 0.25) is 0 Å². The number of fused-ring (bicyclic) bond motifs is 1. The van der Waals surface area contributed by atoms with E-state index >= 15 is 0 Å². The summed E-state index contributed by atoms with van der Waals surface area (Å²) < 4.78 is 6.54. The van der Waals surface area contributed by atoms with Crippen molar-refractivity contribution in [3.05, 3.63) is 34.7 Å². The van der Waals surface area contributed by atoms with E-state index in [2.05, 4.69) is 4.90 Å². The number of morpholine rings is 1. The Balaban J connectivity index is 1.96. The predicted molar refractivity (Wildman–Crippen MR) is 115 cm³/mol. The number of nitrogens with two attached hydrogens (primary N) is 2. The second-order valence-corrected chi connectivity index (χ2v) is 8.52. The maximum absolute atomic E-state index is 7.77. The molecule has 2 aromatic heterocycles. The molecular weight excluding hydrogens is 372 g/mol. The molecule has 0 saturated carbocycles. The molecule has 28 heavy (non-hydrogen) atoms. The van der Waals surface area contributed by atoms with Crippen molar-refractivity contribution in [3.63, 3.8) is 0 Å². The predicted octanol–water partition coefficient (Wildman–Crippen LogP) is 2.97. The van der Waals surface area contributed by atoms with E-state index in [4.69, 9.17) is 31.6 Å². The molecule has 0 aliphatic carbocycles. The Bertz CT molecular complexity index is 1030. The Hall–Kier alpha value is -2.55. The number of aromatic nitrogens is 2. The van der Waals surface area contributed by atoms with Gasteiger partial charge in [0.1, 0.15) is 0 Å². The highest BCUT2D eigenvalue weighted by Crippen LogP contribution is 2.38. The third kappa shape index (κ3) is 3.34. The summed E-state index contributed by atoms with van der Waals surface area (Å²) in [5, 5.41) is 7.77. The Morgan fingerprint density at radius 2 is 2.00 bits per heavy atom. The minimum Gasteiger partial charge on any atom is -0.398 e. The lowest BCUT2D eigenvalue weighted by molar-refractivity contribution is 0.122. The molecule has 1 saturated heterocycles. The average molecular weight is 397 g/mol. The summed E-state index contributed by atoms with van der Waals surface area (Å²) in [6.07, 6.45) is 1.26. The van der Waals surface area contributed by atoms with Crippen molar-refractivity contribution in [3.8, 4) is 11.4 Å². The largest absolute Gasteiger partial charge is 0.398 e. The van der Waals surface area contributed by atoms with Crippen LogP contribution in [-0.2, 0) is 10.3 Å². The van der Waals surface area contributed by atoms with Crippen LogP contribution < -0.4 is 16.4 Å². The molecule has 146 valence electrons. The number of thiophene rings is 1. The standard InChI is InChI=1S/C20H24N6OS/c1-20(2,23)16-10-15-17(28-16)19(26-6-8-27-9-7-26)25-18(24-15)12-4-3-5-14(22)13(12)11-21/h3-5,10-11,21H,6-9,22-23H2,1-2H3. The fourth-order valence-electron chi connectivity index (χ4n) is 3.28. The van der Waals surface area contributed by atoms with Gasteiger partial charge in [0, 0.05) is 46.5 Å². The third-order valence-electron chi connectivity index (χ3n) is 4.82. The molecule has 4 rings (SSSR count). The van der Waals surface area contributed by atoms with E-state index in [0.717, 1.165) is 39.6 Å². The molecule has 3 heterocycles. The Morgan fingerprint density at radius 3 is 2.68 bits per heavy atom. The van der Waals surface area contributed by atoms with Crippen LogP contribution in [0.3, 0.4) is 0 Å². The third-order valence-corrected chi connectivity index (χ3v) is 6.28. The van der Waals surface area contributed by atoms with Crippen molar-refractivity contribution in [2.75, 3.05) is 36.9 Å². The van der Waals surface area contributed by atoms with Crippen molar-refractivity contribution in [1.82, 2.24) is 9.97 Å². The van der Waals surface area contributed by atoms with Crippen LogP contribution in [0, 0.1) is 5.41 Å². The summed E-state index contributed by atoms with van der Waals surface area (Å²) in [6, 6.07) is 7.60. The number of ether oxygens (including phenoxy) is 1. The van der Waals surface area contributed by atoms with Gasteiger partial charge in [0.15, 0.2) is 11.6 Å². The Morgan fingerprint density at radius 1 is 1.25 bits per heavy atom. The molecule has 0 spiro atoms. The first kappa shape index (κ1) is 18.8. The summed E-state index contributed by atoms with van der Waals surface area (Å²) in [6.45, 7) is 6.88. The molecule has 0 unspecified atom stereocenters. The second kappa shape index (κ2) is 7.12. The minimum atomic E-state index is -0.453. The molecule has 1 aliphatic heterocycles. The first-order valence-corrected chi connectivity index (χ1v) is 10.0. The van der Waals surface area contributed by atoms with E-state index in [1.165, 1.54) is 6.21 Å². The Labute approximate surface area is 167 Å². The highest BCUT2D eigenvalue weighted by atomic mass is 32.1. The van der Waals surface area contributed by atoms with Crippen molar-refractivity contribution in [2.45, 2.75) is 19.4 Å². The molecule has 0 atom stereocenters. The fraction of sp³-hybridized carbons (Fsp3) is 0.350. The number of anilines is 2. The number of nitrogen functional groups attached to an aromatic ring is 1. The van der Waals surface area contributed by atoms with Gasteiger partial charge < -0.3 is 26.5 Å². The molecule has 3 aromatic rings. The maximum atomic E-state index is 7.77. The van der Waals surface area contributed by atoms with E-state index in [-0.39, 0.29) is 0 Å². The van der Waals surface area contributed by atoms with Gasteiger partial charge in [0.25, 0.3) is 0 Å². The van der Waals surface area contributed by atoms with Crippen molar-refractivity contribution < 1.29 is 4.74 Å². The molecular formula is C20H24N6OS. The zero-order valence-electron chi connectivity index (χ0n) is 16.0. The molecule has 1 fully saturated rings. The zero-order valence-corrected chi connectivity index (χ0v) is 16.8. The van der Waals surface area contributed by atoms with Crippen LogP contribution in [0.25, 0.3) is 21.6 Å². The molecule has 7 nitrogen and oxygen atoms in total. The number of hydrogen-bond donors (Lipinski definition) is 3.